The predicted octanol–water partition coefficient (Wildman–Crippen LogP) is 4.53. The lowest BCUT2D eigenvalue weighted by molar-refractivity contribution is -0.203. The Balaban J connectivity index is 1.34. The van der Waals surface area contributed by atoms with Crippen molar-refractivity contribution in [3.8, 4) is 5.75 Å². The smallest absolute Gasteiger partial charge is 0.322 e. The molecule has 5 aliphatic heterocycles. The maximum absolute atomic E-state index is 15.3. The van der Waals surface area contributed by atoms with Crippen LogP contribution < -0.4 is 15.0 Å². The van der Waals surface area contributed by atoms with Crippen molar-refractivity contribution in [3.63, 3.8) is 0 Å². The Kier molecular flexibility index (Phi) is 9.86. The van der Waals surface area contributed by atoms with E-state index in [1.165, 1.54) is 12.7 Å². The number of nitrogens with one attached hydrogen (secondary N) is 2. The summed E-state index contributed by atoms with van der Waals surface area (Å²) >= 11 is 1.61. The number of esters is 1. The molecule has 2 fully saturated rings. The fraction of sp³-hybridized carbons (Fsp3) is 0.565. The number of fused-ring (bicyclic) bond motifs is 6. The van der Waals surface area contributed by atoms with E-state index in [1.807, 2.05) is 30.3 Å². The first-order valence-electron chi connectivity index (χ1n) is 21.2. The van der Waals surface area contributed by atoms with E-state index in [0.29, 0.717) is 49.4 Å². The van der Waals surface area contributed by atoms with Crippen LogP contribution in [-0.4, -0.2) is 133 Å². The predicted molar refractivity (Wildman–Crippen MR) is 229 cm³/mol. The highest BCUT2D eigenvalue weighted by atomic mass is 32.2. The lowest BCUT2D eigenvalue weighted by atomic mass is 9.47. The summed E-state index contributed by atoms with van der Waals surface area (Å²) in [4.78, 5) is 40.7. The number of nitrogens with zero attached hydrogens (tertiary/aromatic N) is 3. The SMILES string of the molecule is CCC1=CC2CN(CCc3c([nH]c4ccccc34)C(C(=O)OC)(c3cc4c(cc3OC)N(C)C3C(O)(C(=O)NCCSC)C(O)C5(CC)C=CCN6CCC43C65)C2)C1. The Hall–Kier alpha value is -3.81. The van der Waals surface area contributed by atoms with Gasteiger partial charge in [0.25, 0.3) is 5.91 Å². The van der Waals surface area contributed by atoms with Gasteiger partial charge in [0.1, 0.15) is 17.3 Å². The van der Waals surface area contributed by atoms with Crippen molar-refractivity contribution in [1.82, 2.24) is 20.1 Å². The van der Waals surface area contributed by atoms with Gasteiger partial charge in [-0.2, -0.15) is 11.8 Å². The first-order valence-corrected chi connectivity index (χ1v) is 22.5. The van der Waals surface area contributed by atoms with Gasteiger partial charge in [0.15, 0.2) is 5.60 Å². The molecule has 9 rings (SSSR count). The number of amides is 1. The summed E-state index contributed by atoms with van der Waals surface area (Å²) < 4.78 is 12.4. The number of para-hydroxylation sites is 1. The summed E-state index contributed by atoms with van der Waals surface area (Å²) in [5, 5.41) is 30.1. The fourth-order valence-corrected chi connectivity index (χ4v) is 13.3. The zero-order valence-electron chi connectivity index (χ0n) is 34.8. The monoisotopic (exact) mass is 809 g/mol. The molecule has 11 nitrogen and oxygen atoms in total. The largest absolute Gasteiger partial charge is 0.496 e. The number of aromatic amines is 1. The van der Waals surface area contributed by atoms with Gasteiger partial charge in [0.2, 0.25) is 0 Å². The lowest BCUT2D eigenvalue weighted by Crippen LogP contribution is -2.81. The molecule has 1 saturated carbocycles. The minimum atomic E-state index is -2.17. The van der Waals surface area contributed by atoms with Gasteiger partial charge in [-0.3, -0.25) is 19.4 Å². The lowest BCUT2D eigenvalue weighted by Gasteiger charge is -2.63. The van der Waals surface area contributed by atoms with E-state index in [0.717, 1.165) is 72.4 Å². The molecule has 1 aliphatic carbocycles. The summed E-state index contributed by atoms with van der Waals surface area (Å²) in [6, 6.07) is 11.5. The van der Waals surface area contributed by atoms with Crippen molar-refractivity contribution in [2.75, 3.05) is 77.4 Å². The molecule has 6 heterocycles. The van der Waals surface area contributed by atoms with Gasteiger partial charge in [-0.25, -0.2) is 0 Å². The highest BCUT2D eigenvalue weighted by Crippen LogP contribution is 2.67. The van der Waals surface area contributed by atoms with Crippen molar-refractivity contribution < 1.29 is 29.3 Å². The van der Waals surface area contributed by atoms with Crippen LogP contribution in [0, 0.1) is 11.3 Å². The van der Waals surface area contributed by atoms with E-state index >= 15 is 4.79 Å². The van der Waals surface area contributed by atoms with E-state index in [9.17, 15) is 15.0 Å². The minimum absolute atomic E-state index is 0.0461. The van der Waals surface area contributed by atoms with E-state index in [2.05, 4.69) is 76.4 Å². The normalized spacial score (nSPS) is 34.9. The molecule has 1 aromatic heterocycles. The number of hydrogen-bond donors (Lipinski definition) is 4. The summed E-state index contributed by atoms with van der Waals surface area (Å²) in [7, 11) is 5.07. The number of benzene rings is 2. The van der Waals surface area contributed by atoms with Crippen molar-refractivity contribution >= 4 is 40.2 Å². The Morgan fingerprint density at radius 2 is 1.91 bits per heavy atom. The molecule has 2 aromatic carbocycles. The first kappa shape index (κ1) is 39.6. The summed E-state index contributed by atoms with van der Waals surface area (Å²) in [6.45, 7) is 8.68. The Morgan fingerprint density at radius 3 is 2.66 bits per heavy atom. The molecular formula is C46H59N5O6S. The van der Waals surface area contributed by atoms with Crippen LogP contribution in [0.4, 0.5) is 5.69 Å². The van der Waals surface area contributed by atoms with Crippen molar-refractivity contribution in [3.05, 3.63) is 82.6 Å². The van der Waals surface area contributed by atoms with Crippen LogP contribution in [0.1, 0.15) is 61.9 Å². The molecule has 310 valence electrons. The van der Waals surface area contributed by atoms with Crippen LogP contribution in [0.15, 0.2) is 60.2 Å². The molecule has 9 atom stereocenters. The minimum Gasteiger partial charge on any atom is -0.496 e. The quantitative estimate of drug-likeness (QED) is 0.139. The summed E-state index contributed by atoms with van der Waals surface area (Å²) in [5.41, 5.74) is 1.59. The standard InChI is InChI=1S/C46H59N5O6S/c1-7-28-22-29-25-45(42(54)57-5,37-31(14-19-50(26-28)27-29)30-12-9-10-13-34(30)48-37)33-23-32-35(24-36(33)56-4)49(3)39-44(32)16-20-51-18-11-15-43(8-2,38(44)51)40(52)46(39,55)41(53)47-17-21-58-6/h9-13,15,22-24,29,38-40,48,52,55H,7-8,14,16-21,25-27H2,1-6H3,(H,47,53). The maximum atomic E-state index is 15.3. The second-order valence-corrected chi connectivity index (χ2v) is 18.7. The molecule has 12 heteroatoms. The number of hydrogen-bond acceptors (Lipinski definition) is 10. The van der Waals surface area contributed by atoms with Crippen molar-refractivity contribution in [2.45, 2.75) is 80.6 Å². The average Bonchev–Trinajstić information content (AvgIpc) is 3.90. The van der Waals surface area contributed by atoms with Gasteiger partial charge in [-0.05, 0) is 74.1 Å². The Morgan fingerprint density at radius 1 is 1.10 bits per heavy atom. The van der Waals surface area contributed by atoms with Gasteiger partial charge < -0.3 is 34.9 Å². The molecular weight excluding hydrogens is 751 g/mol. The van der Waals surface area contributed by atoms with E-state index in [4.69, 9.17) is 9.47 Å². The molecule has 58 heavy (non-hydrogen) atoms. The molecule has 3 aromatic rings. The van der Waals surface area contributed by atoms with Gasteiger partial charge in [-0.1, -0.05) is 55.8 Å². The van der Waals surface area contributed by atoms with E-state index < -0.39 is 39.9 Å². The van der Waals surface area contributed by atoms with Gasteiger partial charge >= 0.3 is 5.97 Å². The molecule has 1 amide bonds. The van der Waals surface area contributed by atoms with Crippen LogP contribution in [0.2, 0.25) is 0 Å². The number of thioether (sulfide) groups is 1. The van der Waals surface area contributed by atoms with Crippen LogP contribution in [-0.2, 0) is 31.6 Å². The first-order chi connectivity index (χ1) is 28.0. The number of aliphatic hydroxyl groups is 2. The number of aliphatic hydroxyl groups excluding tert-OH is 1. The highest BCUT2D eigenvalue weighted by molar-refractivity contribution is 7.98. The topological polar surface area (TPSA) is 131 Å². The van der Waals surface area contributed by atoms with Crippen LogP contribution in [0.25, 0.3) is 10.9 Å². The summed E-state index contributed by atoms with van der Waals surface area (Å²) in [6.07, 6.45) is 10.5. The Labute approximate surface area is 346 Å². The van der Waals surface area contributed by atoms with Crippen LogP contribution in [0.3, 0.4) is 0 Å². The molecule has 1 saturated heterocycles. The second kappa shape index (κ2) is 14.4. The fourth-order valence-electron chi connectivity index (χ4n) is 13.0. The number of H-pyrrole nitrogens is 1. The number of rotatable bonds is 9. The van der Waals surface area contributed by atoms with Crippen LogP contribution in [0.5, 0.6) is 5.75 Å². The number of carbonyl (C=O) groups excluding carboxylic acids is 2. The molecule has 4 N–H and O–H groups in total. The molecule has 0 radical (unpaired) electrons. The van der Waals surface area contributed by atoms with Crippen molar-refractivity contribution in [1.29, 1.82) is 0 Å². The molecule has 1 spiro atoms. The number of carbonyl (C=O) groups is 2. The summed E-state index contributed by atoms with van der Waals surface area (Å²) in [5.74, 6) is 0.350. The van der Waals surface area contributed by atoms with Gasteiger partial charge in [0.05, 0.1) is 20.3 Å². The second-order valence-electron chi connectivity index (χ2n) is 17.7. The number of methoxy groups -OCH3 is 2. The highest BCUT2D eigenvalue weighted by Gasteiger charge is 2.78. The van der Waals surface area contributed by atoms with Gasteiger partial charge in [-0.15, -0.1) is 0 Å². The number of aromatic nitrogens is 1. The third-order valence-corrected chi connectivity index (χ3v) is 15.9. The third kappa shape index (κ3) is 5.20. The number of ether oxygens (including phenoxy) is 2. The molecule has 2 bridgehead atoms. The average molecular weight is 810 g/mol. The van der Waals surface area contributed by atoms with Crippen molar-refractivity contribution in [2.24, 2.45) is 11.3 Å². The number of likely N-dealkylation sites (N-methyl/N-ethyl adjacent to an activating group) is 1. The third-order valence-electron chi connectivity index (χ3n) is 15.3. The number of anilines is 1. The van der Waals surface area contributed by atoms with E-state index in [1.54, 1.807) is 18.9 Å². The van der Waals surface area contributed by atoms with E-state index in [-0.39, 0.29) is 17.9 Å². The Bertz CT molecular complexity index is 2200. The maximum Gasteiger partial charge on any atom is 0.322 e. The van der Waals surface area contributed by atoms with Crippen LogP contribution >= 0.6 is 11.8 Å². The zero-order valence-corrected chi connectivity index (χ0v) is 35.6. The van der Waals surface area contributed by atoms with Gasteiger partial charge in [0, 0.05) is 96.3 Å². The molecule has 9 unspecified atom stereocenters. The molecule has 6 aliphatic rings. The zero-order chi connectivity index (χ0) is 40.8.